The molecule has 0 bridgehead atoms. The van der Waals surface area contributed by atoms with Gasteiger partial charge in [0.15, 0.2) is 0 Å². The summed E-state index contributed by atoms with van der Waals surface area (Å²) in [6, 6.07) is -0.0203. The number of nitrogens with two attached hydrogens (primary N) is 1. The fourth-order valence-corrected chi connectivity index (χ4v) is 0.638. The molecule has 0 radical (unpaired) electrons. The van der Waals surface area contributed by atoms with Crippen LogP contribution in [0.15, 0.2) is 12.4 Å². The quantitative estimate of drug-likeness (QED) is 0.695. The molecule has 1 aromatic heterocycles. The number of hydrogen-bond donors (Lipinski definition) is 1. The van der Waals surface area contributed by atoms with Crippen LogP contribution in [0.1, 0.15) is 24.4 Å². The second-order valence-electron chi connectivity index (χ2n) is 2.37. The van der Waals surface area contributed by atoms with E-state index in [4.69, 9.17) is 5.73 Å². The number of aryl methyl sites for hydroxylation is 1. The van der Waals surface area contributed by atoms with E-state index in [0.717, 1.165) is 11.4 Å². The summed E-state index contributed by atoms with van der Waals surface area (Å²) in [5.74, 6) is 0. The van der Waals surface area contributed by atoms with E-state index in [1.165, 1.54) is 0 Å². The van der Waals surface area contributed by atoms with E-state index in [2.05, 4.69) is 9.97 Å². The Kier molecular flexibility index (Phi) is 4.00. The molecule has 1 rings (SSSR count). The van der Waals surface area contributed by atoms with Gasteiger partial charge in [-0.3, -0.25) is 9.97 Å². The first kappa shape index (κ1) is 10.3. The van der Waals surface area contributed by atoms with Crippen LogP contribution in [-0.2, 0) is 0 Å². The van der Waals surface area contributed by atoms with Crippen molar-refractivity contribution in [3.63, 3.8) is 0 Å². The van der Waals surface area contributed by atoms with Crippen molar-refractivity contribution < 1.29 is 0 Å². The maximum absolute atomic E-state index is 5.56. The molecule has 0 aliphatic carbocycles. The lowest BCUT2D eigenvalue weighted by Gasteiger charge is -2.01. The van der Waals surface area contributed by atoms with E-state index in [-0.39, 0.29) is 18.4 Å². The molecule has 2 N–H and O–H groups in total. The summed E-state index contributed by atoms with van der Waals surface area (Å²) >= 11 is 0. The standard InChI is InChI=1S/C7H11N3.ClH/c1-5-3-10-7(4-9-5)6(2)8;/h3-4,6H,8H2,1-2H3;1H/t6-;/m0./s1. The lowest BCUT2D eigenvalue weighted by atomic mass is 10.3. The Morgan fingerprint density at radius 2 is 2.00 bits per heavy atom. The second kappa shape index (κ2) is 4.26. The third-order valence-electron chi connectivity index (χ3n) is 1.27. The second-order valence-corrected chi connectivity index (χ2v) is 2.37. The van der Waals surface area contributed by atoms with Crippen LogP contribution >= 0.6 is 12.4 Å². The summed E-state index contributed by atoms with van der Waals surface area (Å²) in [7, 11) is 0. The number of hydrogen-bond acceptors (Lipinski definition) is 3. The third kappa shape index (κ3) is 2.82. The zero-order chi connectivity index (χ0) is 7.56. The maximum Gasteiger partial charge on any atom is 0.0751 e. The van der Waals surface area contributed by atoms with Crippen LogP contribution in [-0.4, -0.2) is 9.97 Å². The molecule has 4 heteroatoms. The van der Waals surface area contributed by atoms with Crippen molar-refractivity contribution >= 4 is 12.4 Å². The van der Waals surface area contributed by atoms with Gasteiger partial charge in [0.1, 0.15) is 0 Å². The van der Waals surface area contributed by atoms with E-state index in [1.807, 2.05) is 13.8 Å². The molecular formula is C7H12ClN3. The molecule has 0 aliphatic rings. The van der Waals surface area contributed by atoms with Crippen molar-refractivity contribution in [1.82, 2.24) is 9.97 Å². The van der Waals surface area contributed by atoms with Crippen molar-refractivity contribution in [1.29, 1.82) is 0 Å². The van der Waals surface area contributed by atoms with E-state index < -0.39 is 0 Å². The smallest absolute Gasteiger partial charge is 0.0751 e. The van der Waals surface area contributed by atoms with Crippen LogP contribution in [0.25, 0.3) is 0 Å². The number of rotatable bonds is 1. The van der Waals surface area contributed by atoms with Crippen molar-refractivity contribution in [2.45, 2.75) is 19.9 Å². The average Bonchev–Trinajstić information content (AvgIpc) is 1.88. The van der Waals surface area contributed by atoms with Crippen LogP contribution in [0.2, 0.25) is 0 Å². The molecule has 1 aromatic rings. The van der Waals surface area contributed by atoms with Gasteiger partial charge in [0.05, 0.1) is 17.6 Å². The van der Waals surface area contributed by atoms with Gasteiger partial charge in [0.25, 0.3) is 0 Å². The summed E-state index contributed by atoms with van der Waals surface area (Å²) in [5.41, 5.74) is 7.32. The van der Waals surface area contributed by atoms with Gasteiger partial charge in [0, 0.05) is 12.2 Å². The number of nitrogens with zero attached hydrogens (tertiary/aromatic N) is 2. The molecule has 62 valence electrons. The Morgan fingerprint density at radius 3 is 2.36 bits per heavy atom. The van der Waals surface area contributed by atoms with Gasteiger partial charge in [-0.05, 0) is 13.8 Å². The maximum atomic E-state index is 5.56. The van der Waals surface area contributed by atoms with Crippen molar-refractivity contribution in [3.8, 4) is 0 Å². The molecule has 0 amide bonds. The largest absolute Gasteiger partial charge is 0.323 e. The van der Waals surface area contributed by atoms with Gasteiger partial charge < -0.3 is 5.73 Å². The van der Waals surface area contributed by atoms with Gasteiger partial charge in [0.2, 0.25) is 0 Å². The lowest BCUT2D eigenvalue weighted by Crippen LogP contribution is -2.07. The molecule has 0 spiro atoms. The third-order valence-corrected chi connectivity index (χ3v) is 1.27. The fraction of sp³-hybridized carbons (Fsp3) is 0.429. The highest BCUT2D eigenvalue weighted by molar-refractivity contribution is 5.85. The molecule has 0 aliphatic heterocycles. The SMILES string of the molecule is Cc1cnc([C@H](C)N)cn1.Cl. The Balaban J connectivity index is 0.000001000. The Bertz CT molecular complexity index is 207. The Labute approximate surface area is 72.5 Å². The first-order valence-corrected chi connectivity index (χ1v) is 3.24. The van der Waals surface area contributed by atoms with Gasteiger partial charge in [-0.2, -0.15) is 0 Å². The van der Waals surface area contributed by atoms with Crippen LogP contribution in [0, 0.1) is 6.92 Å². The summed E-state index contributed by atoms with van der Waals surface area (Å²) in [4.78, 5) is 8.15. The molecule has 1 heterocycles. The zero-order valence-electron chi connectivity index (χ0n) is 6.61. The van der Waals surface area contributed by atoms with Crippen molar-refractivity contribution in [3.05, 3.63) is 23.8 Å². The molecule has 0 aromatic carbocycles. The zero-order valence-corrected chi connectivity index (χ0v) is 7.43. The summed E-state index contributed by atoms with van der Waals surface area (Å²) in [6.45, 7) is 3.79. The molecule has 1 atom stereocenters. The normalized spacial score (nSPS) is 11.9. The highest BCUT2D eigenvalue weighted by Gasteiger charge is 1.98. The molecule has 11 heavy (non-hydrogen) atoms. The van der Waals surface area contributed by atoms with Gasteiger partial charge in [-0.1, -0.05) is 0 Å². The molecular weight excluding hydrogens is 162 g/mol. The van der Waals surface area contributed by atoms with Gasteiger partial charge >= 0.3 is 0 Å². The summed E-state index contributed by atoms with van der Waals surface area (Å²) in [6.07, 6.45) is 3.43. The van der Waals surface area contributed by atoms with E-state index >= 15 is 0 Å². The minimum atomic E-state index is -0.0203. The van der Waals surface area contributed by atoms with Crippen molar-refractivity contribution in [2.75, 3.05) is 0 Å². The van der Waals surface area contributed by atoms with Gasteiger partial charge in [-0.15, -0.1) is 12.4 Å². The predicted octanol–water partition coefficient (Wildman–Crippen LogP) is 1.23. The number of aromatic nitrogens is 2. The van der Waals surface area contributed by atoms with Crippen molar-refractivity contribution in [2.24, 2.45) is 5.73 Å². The average molecular weight is 174 g/mol. The summed E-state index contributed by atoms with van der Waals surface area (Å²) < 4.78 is 0. The molecule has 0 unspecified atom stereocenters. The Hall–Kier alpha value is -0.670. The van der Waals surface area contributed by atoms with E-state index in [1.54, 1.807) is 12.4 Å². The van der Waals surface area contributed by atoms with Crippen LogP contribution in [0.4, 0.5) is 0 Å². The molecule has 3 nitrogen and oxygen atoms in total. The highest BCUT2D eigenvalue weighted by Crippen LogP contribution is 2.02. The van der Waals surface area contributed by atoms with Crippen LogP contribution in [0.3, 0.4) is 0 Å². The predicted molar refractivity (Wildman–Crippen MR) is 46.6 cm³/mol. The van der Waals surface area contributed by atoms with Crippen LogP contribution < -0.4 is 5.73 Å². The fourth-order valence-electron chi connectivity index (χ4n) is 0.638. The molecule has 0 saturated carbocycles. The summed E-state index contributed by atoms with van der Waals surface area (Å²) in [5, 5.41) is 0. The van der Waals surface area contributed by atoms with Crippen LogP contribution in [0.5, 0.6) is 0 Å². The first-order chi connectivity index (χ1) is 4.70. The lowest BCUT2D eigenvalue weighted by molar-refractivity contribution is 0.769. The van der Waals surface area contributed by atoms with E-state index in [0.29, 0.717) is 0 Å². The minimum absolute atomic E-state index is 0. The molecule has 0 saturated heterocycles. The first-order valence-electron chi connectivity index (χ1n) is 3.24. The van der Waals surface area contributed by atoms with E-state index in [9.17, 15) is 0 Å². The minimum Gasteiger partial charge on any atom is -0.323 e. The topological polar surface area (TPSA) is 51.8 Å². The Morgan fingerprint density at radius 1 is 1.36 bits per heavy atom. The van der Waals surface area contributed by atoms with Gasteiger partial charge in [-0.25, -0.2) is 0 Å². The molecule has 0 fully saturated rings. The number of halogens is 1. The monoisotopic (exact) mass is 173 g/mol. The highest BCUT2D eigenvalue weighted by atomic mass is 35.5.